The number of imidazole rings is 1. The van der Waals surface area contributed by atoms with Gasteiger partial charge in [0.2, 0.25) is 0 Å². The molecule has 2 aromatic heterocycles. The number of hydrogen-bond donors (Lipinski definition) is 1. The lowest BCUT2D eigenvalue weighted by Crippen LogP contribution is -2.31. The predicted octanol–water partition coefficient (Wildman–Crippen LogP) is 6.31. The summed E-state index contributed by atoms with van der Waals surface area (Å²) >= 11 is 3.49. The van der Waals surface area contributed by atoms with Crippen LogP contribution in [0.1, 0.15) is 28.0 Å². The van der Waals surface area contributed by atoms with Crippen LogP contribution in [-0.4, -0.2) is 15.5 Å². The molecule has 0 unspecified atom stereocenters. The number of nitrogens with one attached hydrogen (secondary N) is 1. The number of aromatic nitrogens is 2. The maximum Gasteiger partial charge on any atom is 0.287 e. The lowest BCUT2D eigenvalue weighted by atomic mass is 10.0. The van der Waals surface area contributed by atoms with Gasteiger partial charge in [0.25, 0.3) is 5.91 Å². The van der Waals surface area contributed by atoms with Crippen LogP contribution in [-0.2, 0) is 13.5 Å². The van der Waals surface area contributed by atoms with Crippen molar-refractivity contribution < 1.29 is 9.21 Å². The molecule has 1 atom stereocenters. The van der Waals surface area contributed by atoms with E-state index in [1.54, 1.807) is 6.07 Å². The summed E-state index contributed by atoms with van der Waals surface area (Å²) in [5.74, 6) is 0.804. The zero-order valence-corrected chi connectivity index (χ0v) is 19.6. The Morgan fingerprint density at radius 1 is 1.03 bits per heavy atom. The van der Waals surface area contributed by atoms with Crippen molar-refractivity contribution >= 4 is 32.8 Å². The standard InChI is InChI=1S/C27H22BrN3O2/c1-31-23(19-11-13-21(28)14-12-19)17-29-26(31)22(15-18-7-3-2-4-8-18)30-27(32)25-16-20-9-5-6-10-24(20)33-25/h2-14,16-17,22H,15H2,1H3,(H,30,32)/t22-/m0/s1. The van der Waals surface area contributed by atoms with E-state index in [0.717, 1.165) is 32.5 Å². The molecule has 5 aromatic rings. The smallest absolute Gasteiger partial charge is 0.287 e. The molecule has 1 amide bonds. The number of para-hydroxylation sites is 1. The molecule has 0 saturated heterocycles. The molecule has 0 bridgehead atoms. The van der Waals surface area contributed by atoms with Crippen molar-refractivity contribution in [2.75, 3.05) is 0 Å². The zero-order valence-electron chi connectivity index (χ0n) is 18.0. The van der Waals surface area contributed by atoms with E-state index < -0.39 is 0 Å². The molecule has 0 radical (unpaired) electrons. The van der Waals surface area contributed by atoms with Gasteiger partial charge in [0.1, 0.15) is 11.4 Å². The van der Waals surface area contributed by atoms with Crippen molar-refractivity contribution in [2.24, 2.45) is 7.05 Å². The first kappa shape index (κ1) is 21.2. The van der Waals surface area contributed by atoms with Crippen LogP contribution in [0.25, 0.3) is 22.2 Å². The molecular weight excluding hydrogens is 478 g/mol. The Balaban J connectivity index is 1.48. The van der Waals surface area contributed by atoms with Crippen LogP contribution in [0.5, 0.6) is 0 Å². The second-order valence-corrected chi connectivity index (χ2v) is 8.85. The fourth-order valence-corrected chi connectivity index (χ4v) is 4.28. The highest BCUT2D eigenvalue weighted by Gasteiger charge is 2.23. The van der Waals surface area contributed by atoms with Crippen LogP contribution in [0.2, 0.25) is 0 Å². The monoisotopic (exact) mass is 499 g/mol. The van der Waals surface area contributed by atoms with Crippen LogP contribution < -0.4 is 5.32 Å². The number of carbonyl (C=O) groups excluding carboxylic acids is 1. The fraction of sp³-hybridized carbons (Fsp3) is 0.111. The summed E-state index contributed by atoms with van der Waals surface area (Å²) in [6.07, 6.45) is 2.46. The van der Waals surface area contributed by atoms with Crippen LogP contribution in [0.4, 0.5) is 0 Å². The molecule has 3 aromatic carbocycles. The Bertz CT molecular complexity index is 1370. The van der Waals surface area contributed by atoms with Gasteiger partial charge in [0, 0.05) is 16.9 Å². The van der Waals surface area contributed by atoms with Gasteiger partial charge in [-0.2, -0.15) is 0 Å². The van der Waals surface area contributed by atoms with Gasteiger partial charge in [0.15, 0.2) is 5.76 Å². The predicted molar refractivity (Wildman–Crippen MR) is 133 cm³/mol. The number of furan rings is 1. The highest BCUT2D eigenvalue weighted by Crippen LogP contribution is 2.27. The minimum Gasteiger partial charge on any atom is -0.451 e. The summed E-state index contributed by atoms with van der Waals surface area (Å²) in [6.45, 7) is 0. The van der Waals surface area contributed by atoms with Crippen molar-refractivity contribution in [3.8, 4) is 11.3 Å². The van der Waals surface area contributed by atoms with Gasteiger partial charge in [-0.25, -0.2) is 4.98 Å². The molecule has 2 heterocycles. The number of hydrogen-bond acceptors (Lipinski definition) is 3. The molecule has 5 rings (SSSR count). The average Bonchev–Trinajstić information content (AvgIpc) is 3.44. The van der Waals surface area contributed by atoms with E-state index >= 15 is 0 Å². The Morgan fingerprint density at radius 2 is 1.76 bits per heavy atom. The molecule has 0 saturated carbocycles. The number of rotatable bonds is 6. The third kappa shape index (κ3) is 4.47. The fourth-order valence-electron chi connectivity index (χ4n) is 4.02. The van der Waals surface area contributed by atoms with Gasteiger partial charge in [-0.3, -0.25) is 4.79 Å². The molecule has 164 valence electrons. The van der Waals surface area contributed by atoms with Crippen LogP contribution >= 0.6 is 15.9 Å². The topological polar surface area (TPSA) is 60.1 Å². The van der Waals surface area contributed by atoms with E-state index in [0.29, 0.717) is 12.0 Å². The molecule has 0 fully saturated rings. The Labute approximate surface area is 200 Å². The second-order valence-electron chi connectivity index (χ2n) is 7.93. The third-order valence-corrected chi connectivity index (χ3v) is 6.24. The third-order valence-electron chi connectivity index (χ3n) is 5.71. The summed E-state index contributed by atoms with van der Waals surface area (Å²) in [7, 11) is 1.98. The molecule has 6 heteroatoms. The normalized spacial score (nSPS) is 12.1. The maximum atomic E-state index is 13.2. The van der Waals surface area contributed by atoms with Crippen LogP contribution in [0.3, 0.4) is 0 Å². The Morgan fingerprint density at radius 3 is 2.52 bits per heavy atom. The van der Waals surface area contributed by atoms with Crippen molar-refractivity contribution in [2.45, 2.75) is 12.5 Å². The molecule has 0 aliphatic heterocycles. The van der Waals surface area contributed by atoms with Crippen molar-refractivity contribution in [1.82, 2.24) is 14.9 Å². The molecule has 1 N–H and O–H groups in total. The first-order valence-electron chi connectivity index (χ1n) is 10.7. The number of benzene rings is 3. The highest BCUT2D eigenvalue weighted by atomic mass is 79.9. The van der Waals surface area contributed by atoms with Gasteiger partial charge in [-0.05, 0) is 41.8 Å². The van der Waals surface area contributed by atoms with Crippen molar-refractivity contribution in [3.05, 3.63) is 113 Å². The first-order valence-corrected chi connectivity index (χ1v) is 11.5. The van der Waals surface area contributed by atoms with Gasteiger partial charge in [0.05, 0.1) is 17.9 Å². The number of nitrogens with zero attached hydrogens (tertiary/aromatic N) is 2. The van der Waals surface area contributed by atoms with E-state index in [9.17, 15) is 4.79 Å². The van der Waals surface area contributed by atoms with Crippen molar-refractivity contribution in [3.63, 3.8) is 0 Å². The van der Waals surface area contributed by atoms with E-state index in [4.69, 9.17) is 9.40 Å². The summed E-state index contributed by atoms with van der Waals surface area (Å²) in [4.78, 5) is 17.9. The first-order chi connectivity index (χ1) is 16.1. The summed E-state index contributed by atoms with van der Waals surface area (Å²) in [5, 5.41) is 4.05. The van der Waals surface area contributed by atoms with Crippen molar-refractivity contribution in [1.29, 1.82) is 0 Å². The van der Waals surface area contributed by atoms with E-state index in [2.05, 4.69) is 33.4 Å². The van der Waals surface area contributed by atoms with Gasteiger partial charge < -0.3 is 14.3 Å². The van der Waals surface area contributed by atoms with E-state index in [1.165, 1.54) is 0 Å². The summed E-state index contributed by atoms with van der Waals surface area (Å²) in [5.41, 5.74) is 3.84. The minimum atomic E-state index is -0.331. The molecule has 33 heavy (non-hydrogen) atoms. The summed E-state index contributed by atoms with van der Waals surface area (Å²) < 4.78 is 8.85. The minimum absolute atomic E-state index is 0.264. The number of carbonyl (C=O) groups is 1. The number of amides is 1. The van der Waals surface area contributed by atoms with Gasteiger partial charge in [-0.1, -0.05) is 76.6 Å². The Kier molecular flexibility index (Phi) is 5.84. The maximum absolute atomic E-state index is 13.2. The molecular formula is C27H22BrN3O2. The molecule has 0 aliphatic rings. The lowest BCUT2D eigenvalue weighted by Gasteiger charge is -2.19. The van der Waals surface area contributed by atoms with Crippen LogP contribution in [0, 0.1) is 0 Å². The molecule has 5 nitrogen and oxygen atoms in total. The van der Waals surface area contributed by atoms with Gasteiger partial charge in [-0.15, -0.1) is 0 Å². The quantitative estimate of drug-likeness (QED) is 0.297. The number of halogens is 1. The van der Waals surface area contributed by atoms with E-state index in [1.807, 2.05) is 84.5 Å². The lowest BCUT2D eigenvalue weighted by molar-refractivity contribution is 0.0908. The van der Waals surface area contributed by atoms with Gasteiger partial charge >= 0.3 is 0 Å². The summed E-state index contributed by atoms with van der Waals surface area (Å²) in [6, 6.07) is 27.2. The largest absolute Gasteiger partial charge is 0.451 e. The molecule has 0 aliphatic carbocycles. The highest BCUT2D eigenvalue weighted by molar-refractivity contribution is 9.10. The Hall–Kier alpha value is -3.64. The zero-order chi connectivity index (χ0) is 22.8. The number of fused-ring (bicyclic) bond motifs is 1. The molecule has 0 spiro atoms. The second kappa shape index (κ2) is 9.08. The van der Waals surface area contributed by atoms with E-state index in [-0.39, 0.29) is 17.7 Å². The van der Waals surface area contributed by atoms with Crippen LogP contribution in [0.15, 0.2) is 100 Å². The average molecular weight is 500 g/mol. The SMILES string of the molecule is Cn1c(-c2ccc(Br)cc2)cnc1[C@H](Cc1ccccc1)NC(=O)c1cc2ccccc2o1.